The van der Waals surface area contributed by atoms with E-state index >= 15 is 0 Å². The van der Waals surface area contributed by atoms with E-state index in [9.17, 15) is 4.79 Å². The highest BCUT2D eigenvalue weighted by Gasteiger charge is 2.14. The highest BCUT2D eigenvalue weighted by molar-refractivity contribution is 5.95. The van der Waals surface area contributed by atoms with E-state index in [4.69, 9.17) is 5.73 Å². The maximum atomic E-state index is 12.1. The van der Waals surface area contributed by atoms with Gasteiger partial charge < -0.3 is 11.1 Å². The van der Waals surface area contributed by atoms with Crippen LogP contribution in [-0.2, 0) is 7.05 Å². The van der Waals surface area contributed by atoms with Crippen molar-refractivity contribution in [3.05, 3.63) is 52.8 Å². The Kier molecular flexibility index (Phi) is 6.79. The molecule has 0 aliphatic rings. The summed E-state index contributed by atoms with van der Waals surface area (Å²) in [5.74, 6) is 0.360. The van der Waals surface area contributed by atoms with Crippen molar-refractivity contribution < 1.29 is 4.79 Å². The molecule has 5 nitrogen and oxygen atoms in total. The average molecular weight is 337 g/mol. The quantitative estimate of drug-likeness (QED) is 0.881. The largest absolute Gasteiger partial charge is 0.350 e. The first-order valence-corrected chi connectivity index (χ1v) is 7.52. The van der Waals surface area contributed by atoms with Gasteiger partial charge in [-0.15, -0.1) is 12.4 Å². The Morgan fingerprint density at radius 2 is 1.83 bits per heavy atom. The molecule has 23 heavy (non-hydrogen) atoms. The van der Waals surface area contributed by atoms with Crippen LogP contribution in [0.15, 0.2) is 30.5 Å². The van der Waals surface area contributed by atoms with Crippen molar-refractivity contribution >= 4 is 18.3 Å². The molecule has 0 radical (unpaired) electrons. The highest BCUT2D eigenvalue weighted by Crippen LogP contribution is 2.17. The zero-order valence-corrected chi connectivity index (χ0v) is 14.9. The van der Waals surface area contributed by atoms with E-state index < -0.39 is 0 Å². The van der Waals surface area contributed by atoms with Crippen LogP contribution in [0.25, 0.3) is 0 Å². The molecule has 0 aliphatic carbocycles. The summed E-state index contributed by atoms with van der Waals surface area (Å²) in [5.41, 5.74) is 9.76. The molecule has 2 aromatic rings. The molecule has 0 spiro atoms. The fraction of sp³-hybridized carbons (Fsp3) is 0.412. The molecule has 0 fully saturated rings. The van der Waals surface area contributed by atoms with E-state index in [-0.39, 0.29) is 24.4 Å². The number of hydrogen-bond acceptors (Lipinski definition) is 3. The summed E-state index contributed by atoms with van der Waals surface area (Å²) in [6.07, 6.45) is 1.72. The van der Waals surface area contributed by atoms with Crippen LogP contribution in [0.5, 0.6) is 0 Å². The lowest BCUT2D eigenvalue weighted by Crippen LogP contribution is -2.32. The van der Waals surface area contributed by atoms with Crippen LogP contribution in [0, 0.1) is 6.92 Å². The summed E-state index contributed by atoms with van der Waals surface area (Å²) in [6, 6.07) is 8.02. The van der Waals surface area contributed by atoms with Crippen molar-refractivity contribution in [1.29, 1.82) is 0 Å². The number of benzene rings is 1. The summed E-state index contributed by atoms with van der Waals surface area (Å²) in [5, 5.41) is 7.04. The van der Waals surface area contributed by atoms with E-state index in [1.807, 2.05) is 19.1 Å². The van der Waals surface area contributed by atoms with Gasteiger partial charge in [0.15, 0.2) is 0 Å². The number of hydrogen-bond donors (Lipinski definition) is 2. The van der Waals surface area contributed by atoms with E-state index in [2.05, 4.69) is 36.4 Å². The van der Waals surface area contributed by atoms with Crippen LogP contribution in [0.4, 0.5) is 0 Å². The first kappa shape index (κ1) is 19.2. The first-order valence-electron chi connectivity index (χ1n) is 7.52. The molecule has 0 aliphatic heterocycles. The van der Waals surface area contributed by atoms with Gasteiger partial charge in [0.05, 0.1) is 11.3 Å². The van der Waals surface area contributed by atoms with Gasteiger partial charge >= 0.3 is 0 Å². The molecule has 0 saturated carbocycles. The number of carbonyl (C=O) groups is 1. The second-order valence-electron chi connectivity index (χ2n) is 5.94. The second-order valence-corrected chi connectivity index (χ2v) is 5.94. The SMILES string of the molecule is Cc1nn(C)cc1C(=O)NCC(N)c1ccc(C(C)C)cc1.Cl. The number of nitrogens with two attached hydrogens (primary N) is 1. The molecule has 1 atom stereocenters. The van der Waals surface area contributed by atoms with Crippen molar-refractivity contribution in [2.24, 2.45) is 12.8 Å². The fourth-order valence-corrected chi connectivity index (χ4v) is 2.37. The Labute approximate surface area is 143 Å². The van der Waals surface area contributed by atoms with Crippen molar-refractivity contribution in [2.75, 3.05) is 6.54 Å². The molecule has 1 unspecified atom stereocenters. The monoisotopic (exact) mass is 336 g/mol. The molecule has 2 rings (SSSR count). The van der Waals surface area contributed by atoms with Crippen LogP contribution in [0.3, 0.4) is 0 Å². The fourth-order valence-electron chi connectivity index (χ4n) is 2.37. The zero-order valence-electron chi connectivity index (χ0n) is 14.0. The van der Waals surface area contributed by atoms with E-state index in [0.717, 1.165) is 11.3 Å². The third kappa shape index (κ3) is 4.81. The number of nitrogens with zero attached hydrogens (tertiary/aromatic N) is 2. The number of amides is 1. The van der Waals surface area contributed by atoms with Gasteiger partial charge in [0, 0.05) is 25.8 Å². The Balaban J connectivity index is 0.00000264. The average Bonchev–Trinajstić information content (AvgIpc) is 2.83. The predicted molar refractivity (Wildman–Crippen MR) is 95.0 cm³/mol. The summed E-state index contributed by atoms with van der Waals surface area (Å²) in [6.45, 7) is 6.53. The van der Waals surface area contributed by atoms with Gasteiger partial charge in [-0.25, -0.2) is 0 Å². The minimum absolute atomic E-state index is 0. The van der Waals surface area contributed by atoms with Gasteiger partial charge in [-0.3, -0.25) is 9.48 Å². The lowest BCUT2D eigenvalue weighted by molar-refractivity contribution is 0.0950. The number of halogens is 1. The highest BCUT2D eigenvalue weighted by atomic mass is 35.5. The van der Waals surface area contributed by atoms with Crippen LogP contribution >= 0.6 is 12.4 Å². The second kappa shape index (κ2) is 8.13. The van der Waals surface area contributed by atoms with E-state index in [0.29, 0.717) is 18.0 Å². The van der Waals surface area contributed by atoms with Crippen molar-refractivity contribution in [2.45, 2.75) is 32.7 Å². The molecular formula is C17H25ClN4O. The van der Waals surface area contributed by atoms with Crippen molar-refractivity contribution in [3.8, 4) is 0 Å². The van der Waals surface area contributed by atoms with Crippen LogP contribution in [0.1, 0.15) is 53.0 Å². The molecule has 1 aromatic heterocycles. The lowest BCUT2D eigenvalue weighted by Gasteiger charge is -2.14. The normalized spacial score (nSPS) is 11.9. The summed E-state index contributed by atoms with van der Waals surface area (Å²) >= 11 is 0. The topological polar surface area (TPSA) is 72.9 Å². The lowest BCUT2D eigenvalue weighted by atomic mass is 9.99. The van der Waals surface area contributed by atoms with Crippen LogP contribution in [0.2, 0.25) is 0 Å². The van der Waals surface area contributed by atoms with Gasteiger partial charge in [-0.2, -0.15) is 5.10 Å². The van der Waals surface area contributed by atoms with E-state index in [1.54, 1.807) is 17.9 Å². The van der Waals surface area contributed by atoms with E-state index in [1.165, 1.54) is 5.56 Å². The Hall–Kier alpha value is -1.85. The van der Waals surface area contributed by atoms with Crippen molar-refractivity contribution in [1.82, 2.24) is 15.1 Å². The number of aromatic nitrogens is 2. The van der Waals surface area contributed by atoms with Gasteiger partial charge in [0.1, 0.15) is 0 Å². The predicted octanol–water partition coefficient (Wildman–Crippen LogP) is 2.70. The summed E-state index contributed by atoms with van der Waals surface area (Å²) in [4.78, 5) is 12.1. The van der Waals surface area contributed by atoms with Crippen molar-refractivity contribution in [3.63, 3.8) is 0 Å². The molecule has 3 N–H and O–H groups in total. The number of nitrogens with one attached hydrogen (secondary N) is 1. The standard InChI is InChI=1S/C17H24N4O.ClH/c1-11(2)13-5-7-14(8-6-13)16(18)9-19-17(22)15-10-21(4)20-12(15)3;/h5-8,10-11,16H,9,18H2,1-4H3,(H,19,22);1H. The summed E-state index contributed by atoms with van der Waals surface area (Å²) in [7, 11) is 1.80. The third-order valence-corrected chi connectivity index (χ3v) is 3.77. The zero-order chi connectivity index (χ0) is 16.3. The molecule has 0 bridgehead atoms. The molecule has 1 amide bonds. The maximum absolute atomic E-state index is 12.1. The Morgan fingerprint density at radius 3 is 2.30 bits per heavy atom. The molecule has 126 valence electrons. The van der Waals surface area contributed by atoms with Gasteiger partial charge in [-0.05, 0) is 24.0 Å². The number of carbonyl (C=O) groups excluding carboxylic acids is 1. The van der Waals surface area contributed by atoms with Gasteiger partial charge in [0.25, 0.3) is 5.91 Å². The van der Waals surface area contributed by atoms with Crippen LogP contribution < -0.4 is 11.1 Å². The molecular weight excluding hydrogens is 312 g/mol. The maximum Gasteiger partial charge on any atom is 0.254 e. The Morgan fingerprint density at radius 1 is 1.26 bits per heavy atom. The Bertz CT molecular complexity index is 649. The van der Waals surface area contributed by atoms with Crippen LogP contribution in [-0.4, -0.2) is 22.2 Å². The third-order valence-electron chi connectivity index (χ3n) is 3.77. The number of rotatable bonds is 5. The summed E-state index contributed by atoms with van der Waals surface area (Å²) < 4.78 is 1.63. The molecule has 0 saturated heterocycles. The van der Waals surface area contributed by atoms with Gasteiger partial charge in [-0.1, -0.05) is 38.1 Å². The smallest absolute Gasteiger partial charge is 0.254 e. The number of aryl methyl sites for hydroxylation is 2. The molecule has 6 heteroatoms. The first-order chi connectivity index (χ1) is 10.4. The molecule has 1 aromatic carbocycles. The minimum Gasteiger partial charge on any atom is -0.350 e. The minimum atomic E-state index is -0.220. The van der Waals surface area contributed by atoms with Gasteiger partial charge in [0.2, 0.25) is 0 Å². The molecule has 1 heterocycles.